The van der Waals surface area contributed by atoms with Crippen LogP contribution < -0.4 is 5.32 Å². The van der Waals surface area contributed by atoms with Gasteiger partial charge >= 0.3 is 0 Å². The Morgan fingerprint density at radius 1 is 1.29 bits per heavy atom. The van der Waals surface area contributed by atoms with E-state index < -0.39 is 0 Å². The van der Waals surface area contributed by atoms with Crippen molar-refractivity contribution in [2.45, 2.75) is 39.0 Å². The van der Waals surface area contributed by atoms with Gasteiger partial charge in [0.05, 0.1) is 19.3 Å². The molecule has 0 amide bonds. The molecule has 0 saturated heterocycles. The van der Waals surface area contributed by atoms with Gasteiger partial charge in [-0.3, -0.25) is 5.32 Å². The second-order valence-corrected chi connectivity index (χ2v) is 5.08. The van der Waals surface area contributed by atoms with Gasteiger partial charge in [0.15, 0.2) is 0 Å². The summed E-state index contributed by atoms with van der Waals surface area (Å²) in [4.78, 5) is 0. The van der Waals surface area contributed by atoms with E-state index in [1.807, 2.05) is 51.1 Å². The minimum absolute atomic E-state index is 0.0729. The molecular weight excluding hydrogens is 212 g/mol. The molecule has 0 fully saturated rings. The molecule has 1 atom stereocenters. The number of nitrogens with one attached hydrogen (secondary N) is 1. The first-order valence-electron chi connectivity index (χ1n) is 5.80. The van der Waals surface area contributed by atoms with Gasteiger partial charge in [0.25, 0.3) is 0 Å². The van der Waals surface area contributed by atoms with Crippen LogP contribution in [0.1, 0.15) is 26.3 Å². The van der Waals surface area contributed by atoms with E-state index in [4.69, 9.17) is 10.00 Å². The predicted molar refractivity (Wildman–Crippen MR) is 68.4 cm³/mol. The van der Waals surface area contributed by atoms with E-state index in [0.717, 1.165) is 5.56 Å². The molecule has 0 aliphatic carbocycles. The lowest BCUT2D eigenvalue weighted by Gasteiger charge is -2.24. The highest BCUT2D eigenvalue weighted by Crippen LogP contribution is 2.04. The van der Waals surface area contributed by atoms with E-state index in [-0.39, 0.29) is 11.6 Å². The minimum atomic E-state index is -0.265. The third kappa shape index (κ3) is 6.06. The summed E-state index contributed by atoms with van der Waals surface area (Å²) in [5.41, 5.74) is 1.05. The summed E-state index contributed by atoms with van der Waals surface area (Å²) in [5, 5.41) is 12.2. The number of hydrogen-bond acceptors (Lipinski definition) is 3. The Morgan fingerprint density at radius 3 is 2.47 bits per heavy atom. The van der Waals surface area contributed by atoms with Gasteiger partial charge in [-0.15, -0.1) is 0 Å². The second kappa shape index (κ2) is 6.39. The zero-order chi connectivity index (χ0) is 12.7. The van der Waals surface area contributed by atoms with Gasteiger partial charge in [0.2, 0.25) is 0 Å². The number of rotatable bonds is 5. The van der Waals surface area contributed by atoms with Crippen LogP contribution in [0.25, 0.3) is 0 Å². The van der Waals surface area contributed by atoms with Crippen LogP contribution in [-0.4, -0.2) is 18.2 Å². The van der Waals surface area contributed by atoms with Crippen LogP contribution in [0.5, 0.6) is 0 Å². The highest BCUT2D eigenvalue weighted by Gasteiger charge is 2.16. The summed E-state index contributed by atoms with van der Waals surface area (Å²) in [5.74, 6) is 0. The van der Waals surface area contributed by atoms with Crippen molar-refractivity contribution < 1.29 is 4.74 Å². The molecule has 0 radical (unpaired) electrons. The van der Waals surface area contributed by atoms with E-state index in [1.165, 1.54) is 0 Å². The topological polar surface area (TPSA) is 45.0 Å². The average Bonchev–Trinajstić information content (AvgIpc) is 2.27. The number of hydrogen-bond donors (Lipinski definition) is 1. The fourth-order valence-corrected chi connectivity index (χ4v) is 1.50. The molecule has 92 valence electrons. The summed E-state index contributed by atoms with van der Waals surface area (Å²) in [6.07, 6.45) is 0. The standard InChI is InChI=1S/C14H20N2O/c1-14(2,3)16-13(9-15)11-17-10-12-7-5-4-6-8-12/h4-8,13,16H,10-11H2,1-3H3. The number of ether oxygens (including phenoxy) is 1. The maximum absolute atomic E-state index is 8.99. The molecule has 0 heterocycles. The maximum Gasteiger partial charge on any atom is 0.119 e. The van der Waals surface area contributed by atoms with Gasteiger partial charge < -0.3 is 4.74 Å². The molecule has 17 heavy (non-hydrogen) atoms. The van der Waals surface area contributed by atoms with Crippen molar-refractivity contribution in [3.8, 4) is 6.07 Å². The lowest BCUT2D eigenvalue weighted by atomic mass is 10.1. The summed E-state index contributed by atoms with van der Waals surface area (Å²) >= 11 is 0. The molecule has 3 heteroatoms. The van der Waals surface area contributed by atoms with E-state index in [9.17, 15) is 0 Å². The van der Waals surface area contributed by atoms with Crippen molar-refractivity contribution in [3.05, 3.63) is 35.9 Å². The Morgan fingerprint density at radius 2 is 1.94 bits per heavy atom. The Balaban J connectivity index is 2.32. The minimum Gasteiger partial charge on any atom is -0.374 e. The monoisotopic (exact) mass is 232 g/mol. The first kappa shape index (κ1) is 13.7. The fourth-order valence-electron chi connectivity index (χ4n) is 1.50. The fraction of sp³-hybridized carbons (Fsp3) is 0.500. The Hall–Kier alpha value is -1.37. The van der Waals surface area contributed by atoms with Crippen molar-refractivity contribution in [2.24, 2.45) is 0 Å². The summed E-state index contributed by atoms with van der Waals surface area (Å²) in [6, 6.07) is 11.9. The predicted octanol–water partition coefficient (Wildman–Crippen LogP) is 2.48. The molecule has 0 saturated carbocycles. The van der Waals surface area contributed by atoms with Crippen molar-refractivity contribution in [1.29, 1.82) is 5.26 Å². The van der Waals surface area contributed by atoms with E-state index in [0.29, 0.717) is 13.2 Å². The van der Waals surface area contributed by atoms with Gasteiger partial charge in [-0.05, 0) is 26.3 Å². The molecule has 0 bridgehead atoms. The molecule has 0 spiro atoms. The molecule has 1 N–H and O–H groups in total. The molecule has 1 unspecified atom stereocenters. The van der Waals surface area contributed by atoms with Gasteiger partial charge in [-0.1, -0.05) is 30.3 Å². The third-order valence-electron chi connectivity index (χ3n) is 2.16. The highest BCUT2D eigenvalue weighted by molar-refractivity contribution is 5.13. The zero-order valence-corrected chi connectivity index (χ0v) is 10.7. The second-order valence-electron chi connectivity index (χ2n) is 5.08. The van der Waals surface area contributed by atoms with E-state index in [2.05, 4.69) is 11.4 Å². The smallest absolute Gasteiger partial charge is 0.119 e. The van der Waals surface area contributed by atoms with Crippen molar-refractivity contribution in [1.82, 2.24) is 5.32 Å². The summed E-state index contributed by atoms with van der Waals surface area (Å²) in [6.45, 7) is 7.06. The SMILES string of the molecule is CC(C)(C)NC(C#N)COCc1ccccc1. The number of nitrogens with zero attached hydrogens (tertiary/aromatic N) is 1. The van der Waals surface area contributed by atoms with Crippen LogP contribution >= 0.6 is 0 Å². The largest absolute Gasteiger partial charge is 0.374 e. The van der Waals surface area contributed by atoms with Gasteiger partial charge in [-0.25, -0.2) is 0 Å². The Labute approximate surface area is 103 Å². The van der Waals surface area contributed by atoms with E-state index >= 15 is 0 Å². The van der Waals surface area contributed by atoms with Crippen molar-refractivity contribution >= 4 is 0 Å². The van der Waals surface area contributed by atoms with E-state index in [1.54, 1.807) is 0 Å². The van der Waals surface area contributed by atoms with Crippen molar-refractivity contribution in [2.75, 3.05) is 6.61 Å². The average molecular weight is 232 g/mol. The first-order valence-corrected chi connectivity index (χ1v) is 5.80. The molecule has 0 aliphatic rings. The van der Waals surface area contributed by atoms with Crippen LogP contribution in [0, 0.1) is 11.3 Å². The number of nitriles is 1. The molecule has 0 aliphatic heterocycles. The van der Waals surface area contributed by atoms with Gasteiger partial charge in [-0.2, -0.15) is 5.26 Å². The highest BCUT2D eigenvalue weighted by atomic mass is 16.5. The zero-order valence-electron chi connectivity index (χ0n) is 10.7. The lowest BCUT2D eigenvalue weighted by molar-refractivity contribution is 0.104. The summed E-state index contributed by atoms with van der Waals surface area (Å²) in [7, 11) is 0. The molecule has 1 aromatic rings. The van der Waals surface area contributed by atoms with Gasteiger partial charge in [0.1, 0.15) is 6.04 Å². The van der Waals surface area contributed by atoms with Crippen LogP contribution in [0.15, 0.2) is 30.3 Å². The van der Waals surface area contributed by atoms with Crippen LogP contribution in [0.3, 0.4) is 0 Å². The Kier molecular flexibility index (Phi) is 5.14. The first-order chi connectivity index (χ1) is 8.01. The molecule has 3 nitrogen and oxygen atoms in total. The van der Waals surface area contributed by atoms with Crippen LogP contribution in [0.4, 0.5) is 0 Å². The quantitative estimate of drug-likeness (QED) is 0.848. The number of benzene rings is 1. The Bertz CT molecular complexity index is 362. The molecule has 1 rings (SSSR count). The molecular formula is C14H20N2O. The summed E-state index contributed by atoms with van der Waals surface area (Å²) < 4.78 is 5.53. The van der Waals surface area contributed by atoms with Crippen LogP contribution in [-0.2, 0) is 11.3 Å². The molecule has 1 aromatic carbocycles. The lowest BCUT2D eigenvalue weighted by Crippen LogP contribution is -2.45. The third-order valence-corrected chi connectivity index (χ3v) is 2.16. The maximum atomic E-state index is 8.99. The van der Waals surface area contributed by atoms with Crippen LogP contribution in [0.2, 0.25) is 0 Å². The van der Waals surface area contributed by atoms with Crippen molar-refractivity contribution in [3.63, 3.8) is 0 Å². The van der Waals surface area contributed by atoms with Gasteiger partial charge in [0, 0.05) is 5.54 Å². The molecule has 0 aromatic heterocycles. The normalized spacial score (nSPS) is 13.1.